The Bertz CT molecular complexity index is 705. The van der Waals surface area contributed by atoms with Crippen LogP contribution in [0.25, 0.3) is 0 Å². The van der Waals surface area contributed by atoms with Gasteiger partial charge in [-0.25, -0.2) is 4.98 Å². The molecule has 5 nitrogen and oxygen atoms in total. The Kier molecular flexibility index (Phi) is 5.62. The fourth-order valence-electron chi connectivity index (χ4n) is 1.98. The highest BCUT2D eigenvalue weighted by molar-refractivity contribution is 5.88. The Labute approximate surface area is 136 Å². The fourth-order valence-corrected chi connectivity index (χ4v) is 1.98. The number of nitrogens with one attached hydrogen (secondary N) is 2. The van der Waals surface area contributed by atoms with Crippen LogP contribution in [0, 0.1) is 0 Å². The number of rotatable bonds is 6. The molecule has 0 aliphatic heterocycles. The average molecular weight is 339 g/mol. The molecular weight excluding hydrogens is 323 g/mol. The molecule has 8 heteroatoms. The van der Waals surface area contributed by atoms with Crippen LogP contribution in [0.3, 0.4) is 0 Å². The first-order chi connectivity index (χ1) is 11.4. The standard InChI is InChI=1S/C16H16F3N3O2/c1-11(23)22-12-4-2-5-13(10-12)24-9-8-21-15-14(16(17,18)19)6-3-7-20-15/h2-7,10H,8-9H2,1H3,(H,20,21)(H,22,23). The number of hydrogen-bond acceptors (Lipinski definition) is 4. The van der Waals surface area contributed by atoms with Gasteiger partial charge in [0.2, 0.25) is 5.91 Å². The van der Waals surface area contributed by atoms with E-state index in [4.69, 9.17) is 4.74 Å². The molecular formula is C16H16F3N3O2. The highest BCUT2D eigenvalue weighted by Crippen LogP contribution is 2.33. The van der Waals surface area contributed by atoms with Gasteiger partial charge in [-0.05, 0) is 24.3 Å². The maximum absolute atomic E-state index is 12.8. The predicted molar refractivity (Wildman–Crippen MR) is 84.0 cm³/mol. The zero-order valence-corrected chi connectivity index (χ0v) is 12.9. The van der Waals surface area contributed by atoms with E-state index in [1.807, 2.05) is 0 Å². The van der Waals surface area contributed by atoms with Crippen LogP contribution in [0.2, 0.25) is 0 Å². The van der Waals surface area contributed by atoms with E-state index < -0.39 is 11.7 Å². The lowest BCUT2D eigenvalue weighted by Gasteiger charge is -2.13. The number of benzene rings is 1. The molecule has 0 unspecified atom stereocenters. The van der Waals surface area contributed by atoms with E-state index in [9.17, 15) is 18.0 Å². The van der Waals surface area contributed by atoms with E-state index in [2.05, 4.69) is 15.6 Å². The topological polar surface area (TPSA) is 63.2 Å². The molecule has 0 atom stereocenters. The number of hydrogen-bond donors (Lipinski definition) is 2. The van der Waals surface area contributed by atoms with Crippen molar-refractivity contribution in [2.45, 2.75) is 13.1 Å². The quantitative estimate of drug-likeness (QED) is 0.790. The largest absolute Gasteiger partial charge is 0.492 e. The van der Waals surface area contributed by atoms with Crippen LogP contribution < -0.4 is 15.4 Å². The van der Waals surface area contributed by atoms with Gasteiger partial charge in [-0.15, -0.1) is 0 Å². The lowest BCUT2D eigenvalue weighted by atomic mass is 10.2. The number of carbonyl (C=O) groups excluding carboxylic acids is 1. The molecule has 2 rings (SSSR count). The van der Waals surface area contributed by atoms with Crippen molar-refractivity contribution in [3.8, 4) is 5.75 Å². The normalized spacial score (nSPS) is 11.0. The van der Waals surface area contributed by atoms with Crippen LogP contribution in [0.5, 0.6) is 5.75 Å². The summed E-state index contributed by atoms with van der Waals surface area (Å²) in [5, 5.41) is 5.23. The first kappa shape index (κ1) is 17.6. The van der Waals surface area contributed by atoms with Gasteiger partial charge >= 0.3 is 6.18 Å². The molecule has 0 bridgehead atoms. The van der Waals surface area contributed by atoms with Crippen molar-refractivity contribution in [3.05, 3.63) is 48.2 Å². The Morgan fingerprint density at radius 2 is 2.04 bits per heavy atom. The summed E-state index contributed by atoms with van der Waals surface area (Å²) < 4.78 is 43.9. The van der Waals surface area contributed by atoms with Crippen LogP contribution >= 0.6 is 0 Å². The van der Waals surface area contributed by atoms with E-state index in [1.54, 1.807) is 24.3 Å². The van der Waals surface area contributed by atoms with Gasteiger partial charge in [0.1, 0.15) is 18.2 Å². The second kappa shape index (κ2) is 7.67. The number of anilines is 2. The number of carbonyl (C=O) groups is 1. The third kappa shape index (κ3) is 5.15. The molecule has 0 saturated carbocycles. The Balaban J connectivity index is 1.89. The maximum atomic E-state index is 12.8. The number of amides is 1. The van der Waals surface area contributed by atoms with Gasteiger partial charge in [0.05, 0.1) is 12.1 Å². The van der Waals surface area contributed by atoms with Gasteiger partial charge in [0, 0.05) is 24.9 Å². The van der Waals surface area contributed by atoms with Crippen LogP contribution in [-0.2, 0) is 11.0 Å². The zero-order valence-electron chi connectivity index (χ0n) is 12.9. The molecule has 1 aromatic heterocycles. The minimum absolute atomic E-state index is 0.136. The van der Waals surface area contributed by atoms with Crippen molar-refractivity contribution in [1.29, 1.82) is 0 Å². The first-order valence-electron chi connectivity index (χ1n) is 7.13. The summed E-state index contributed by atoms with van der Waals surface area (Å²) in [6, 6.07) is 8.92. The molecule has 0 aliphatic carbocycles. The predicted octanol–water partition coefficient (Wildman–Crippen LogP) is 3.55. The molecule has 0 aliphatic rings. The minimum Gasteiger partial charge on any atom is -0.492 e. The van der Waals surface area contributed by atoms with Crippen LogP contribution in [-0.4, -0.2) is 24.0 Å². The van der Waals surface area contributed by atoms with Gasteiger partial charge in [-0.1, -0.05) is 6.07 Å². The summed E-state index contributed by atoms with van der Waals surface area (Å²) in [5.41, 5.74) is -0.241. The van der Waals surface area contributed by atoms with Crippen molar-refractivity contribution in [2.24, 2.45) is 0 Å². The Hall–Kier alpha value is -2.77. The summed E-state index contributed by atoms with van der Waals surface area (Å²) in [7, 11) is 0. The molecule has 2 N–H and O–H groups in total. The number of ether oxygens (including phenoxy) is 1. The van der Waals surface area contributed by atoms with E-state index in [-0.39, 0.29) is 24.9 Å². The van der Waals surface area contributed by atoms with Crippen molar-refractivity contribution < 1.29 is 22.7 Å². The monoisotopic (exact) mass is 339 g/mol. The van der Waals surface area contributed by atoms with Gasteiger partial charge in [-0.2, -0.15) is 13.2 Å². The molecule has 0 spiro atoms. The van der Waals surface area contributed by atoms with Gasteiger partial charge < -0.3 is 15.4 Å². The SMILES string of the molecule is CC(=O)Nc1cccc(OCCNc2ncccc2C(F)(F)F)c1. The summed E-state index contributed by atoms with van der Waals surface area (Å²) in [6.45, 7) is 1.67. The lowest BCUT2D eigenvalue weighted by Crippen LogP contribution is -2.16. The first-order valence-corrected chi connectivity index (χ1v) is 7.13. The molecule has 0 fully saturated rings. The number of aromatic nitrogens is 1. The average Bonchev–Trinajstić information content (AvgIpc) is 2.51. The highest BCUT2D eigenvalue weighted by atomic mass is 19.4. The minimum atomic E-state index is -4.47. The number of pyridine rings is 1. The molecule has 1 amide bonds. The van der Waals surface area contributed by atoms with E-state index >= 15 is 0 Å². The summed E-state index contributed by atoms with van der Waals surface area (Å²) in [6.07, 6.45) is -3.18. The lowest BCUT2D eigenvalue weighted by molar-refractivity contribution is -0.137. The van der Waals surface area contributed by atoms with E-state index in [0.29, 0.717) is 11.4 Å². The molecule has 24 heavy (non-hydrogen) atoms. The maximum Gasteiger partial charge on any atom is 0.419 e. The van der Waals surface area contributed by atoms with Crippen LogP contribution in [0.15, 0.2) is 42.6 Å². The summed E-state index contributed by atoms with van der Waals surface area (Å²) in [5.74, 6) is 0.0596. The zero-order chi connectivity index (χ0) is 17.6. The van der Waals surface area contributed by atoms with Crippen molar-refractivity contribution in [2.75, 3.05) is 23.8 Å². The second-order valence-electron chi connectivity index (χ2n) is 4.88. The Morgan fingerprint density at radius 1 is 1.25 bits per heavy atom. The van der Waals surface area contributed by atoms with Crippen molar-refractivity contribution in [1.82, 2.24) is 4.98 Å². The number of alkyl halides is 3. The molecule has 128 valence electrons. The number of halogens is 3. The smallest absolute Gasteiger partial charge is 0.419 e. The van der Waals surface area contributed by atoms with Gasteiger partial charge in [0.15, 0.2) is 0 Å². The fraction of sp³-hybridized carbons (Fsp3) is 0.250. The van der Waals surface area contributed by atoms with Gasteiger partial charge in [-0.3, -0.25) is 4.79 Å². The number of nitrogens with zero attached hydrogens (tertiary/aromatic N) is 1. The summed E-state index contributed by atoms with van der Waals surface area (Å²) in [4.78, 5) is 14.7. The summed E-state index contributed by atoms with van der Waals surface area (Å²) >= 11 is 0. The van der Waals surface area contributed by atoms with Gasteiger partial charge in [0.25, 0.3) is 0 Å². The third-order valence-corrected chi connectivity index (χ3v) is 2.93. The van der Waals surface area contributed by atoms with Crippen molar-refractivity contribution >= 4 is 17.4 Å². The van der Waals surface area contributed by atoms with E-state index in [0.717, 1.165) is 6.07 Å². The third-order valence-electron chi connectivity index (χ3n) is 2.93. The molecule has 0 saturated heterocycles. The molecule has 1 aromatic carbocycles. The van der Waals surface area contributed by atoms with Crippen LogP contribution in [0.4, 0.5) is 24.7 Å². The molecule has 0 radical (unpaired) electrons. The Morgan fingerprint density at radius 3 is 2.75 bits per heavy atom. The van der Waals surface area contributed by atoms with Crippen LogP contribution in [0.1, 0.15) is 12.5 Å². The second-order valence-corrected chi connectivity index (χ2v) is 4.88. The molecule has 2 aromatic rings. The van der Waals surface area contributed by atoms with E-state index in [1.165, 1.54) is 19.2 Å². The van der Waals surface area contributed by atoms with Crippen molar-refractivity contribution in [3.63, 3.8) is 0 Å². The molecule has 1 heterocycles. The highest BCUT2D eigenvalue weighted by Gasteiger charge is 2.33.